The van der Waals surface area contributed by atoms with Gasteiger partial charge in [0.15, 0.2) is 0 Å². The van der Waals surface area contributed by atoms with Crippen molar-refractivity contribution in [3.05, 3.63) is 35.9 Å². The van der Waals surface area contributed by atoms with Crippen LogP contribution in [0.1, 0.15) is 31.2 Å². The number of thioether (sulfide) groups is 1. The lowest BCUT2D eigenvalue weighted by Crippen LogP contribution is -2.43. The average molecular weight is 304 g/mol. The molecular formula is C16H20N2O2S. The number of aliphatic imine (C=N–C) groups is 1. The third-order valence-electron chi connectivity index (χ3n) is 4.02. The van der Waals surface area contributed by atoms with E-state index < -0.39 is 0 Å². The summed E-state index contributed by atoms with van der Waals surface area (Å²) < 4.78 is 0. The molecule has 1 aliphatic carbocycles. The molecule has 1 aliphatic heterocycles. The normalized spacial score (nSPS) is 29.0. The number of rotatable bonds is 3. The summed E-state index contributed by atoms with van der Waals surface area (Å²) in [6, 6.07) is 9.91. The van der Waals surface area contributed by atoms with Crippen LogP contribution in [-0.2, 0) is 4.79 Å². The second kappa shape index (κ2) is 6.62. The molecule has 0 spiro atoms. The molecule has 1 aromatic rings. The summed E-state index contributed by atoms with van der Waals surface area (Å²) in [5, 5.41) is 13.5. The van der Waals surface area contributed by atoms with E-state index in [1.54, 1.807) is 11.8 Å². The molecule has 21 heavy (non-hydrogen) atoms. The molecule has 2 N–H and O–H groups in total. The summed E-state index contributed by atoms with van der Waals surface area (Å²) in [6.07, 6.45) is 3.10. The predicted octanol–water partition coefficient (Wildman–Crippen LogP) is 1.97. The van der Waals surface area contributed by atoms with E-state index in [1.807, 2.05) is 30.3 Å². The van der Waals surface area contributed by atoms with Gasteiger partial charge in [-0.1, -0.05) is 30.3 Å². The number of amides is 1. The van der Waals surface area contributed by atoms with Gasteiger partial charge in [-0.25, -0.2) is 0 Å². The molecule has 1 saturated carbocycles. The maximum Gasteiger partial charge on any atom is 0.245 e. The summed E-state index contributed by atoms with van der Waals surface area (Å²) in [7, 11) is 0. The predicted molar refractivity (Wildman–Crippen MR) is 85.6 cm³/mol. The van der Waals surface area contributed by atoms with Crippen molar-refractivity contribution in [1.82, 2.24) is 5.32 Å². The molecule has 4 nitrogen and oxygen atoms in total. The standard InChI is InChI=1S/C16H20N2O2S/c19-13-8-6-12(7-9-13)17-15(20)14-10-21-16(18-14)11-4-2-1-3-5-11/h1-5,12-14,19H,6-10H2,(H,17,20). The smallest absolute Gasteiger partial charge is 0.245 e. The zero-order valence-electron chi connectivity index (χ0n) is 11.9. The van der Waals surface area contributed by atoms with Crippen LogP contribution in [-0.4, -0.2) is 40.0 Å². The molecule has 0 bridgehead atoms. The molecule has 1 fully saturated rings. The van der Waals surface area contributed by atoms with Gasteiger partial charge >= 0.3 is 0 Å². The van der Waals surface area contributed by atoms with Crippen LogP contribution in [0.3, 0.4) is 0 Å². The first-order chi connectivity index (χ1) is 10.2. The molecule has 2 aliphatic rings. The first-order valence-electron chi connectivity index (χ1n) is 7.47. The first kappa shape index (κ1) is 14.6. The Morgan fingerprint density at radius 3 is 2.62 bits per heavy atom. The lowest BCUT2D eigenvalue weighted by Gasteiger charge is -2.26. The van der Waals surface area contributed by atoms with E-state index >= 15 is 0 Å². The summed E-state index contributed by atoms with van der Waals surface area (Å²) in [6.45, 7) is 0. The highest BCUT2D eigenvalue weighted by Crippen LogP contribution is 2.24. The van der Waals surface area contributed by atoms with Gasteiger partial charge in [0.25, 0.3) is 0 Å². The van der Waals surface area contributed by atoms with Gasteiger partial charge in [-0.05, 0) is 25.7 Å². The van der Waals surface area contributed by atoms with Crippen molar-refractivity contribution in [2.75, 3.05) is 5.75 Å². The lowest BCUT2D eigenvalue weighted by atomic mass is 9.93. The highest BCUT2D eigenvalue weighted by Gasteiger charge is 2.28. The minimum absolute atomic E-state index is 0.0230. The number of nitrogens with one attached hydrogen (secondary N) is 1. The first-order valence-corrected chi connectivity index (χ1v) is 8.45. The summed E-state index contributed by atoms with van der Waals surface area (Å²) in [4.78, 5) is 16.8. The highest BCUT2D eigenvalue weighted by atomic mass is 32.2. The van der Waals surface area contributed by atoms with E-state index in [4.69, 9.17) is 0 Å². The molecule has 3 rings (SSSR count). The molecule has 5 heteroatoms. The maximum atomic E-state index is 12.3. The summed E-state index contributed by atoms with van der Waals surface area (Å²) in [5.41, 5.74) is 1.08. The second-order valence-electron chi connectivity index (χ2n) is 5.64. The fraction of sp³-hybridized carbons (Fsp3) is 0.500. The Bertz CT molecular complexity index is 524. The van der Waals surface area contributed by atoms with Crippen molar-refractivity contribution in [2.24, 2.45) is 4.99 Å². The van der Waals surface area contributed by atoms with Crippen molar-refractivity contribution >= 4 is 22.7 Å². The van der Waals surface area contributed by atoms with Gasteiger partial charge in [0.2, 0.25) is 5.91 Å². The molecule has 1 aromatic carbocycles. The van der Waals surface area contributed by atoms with E-state index in [9.17, 15) is 9.90 Å². The number of carbonyl (C=O) groups excluding carboxylic acids is 1. The van der Waals surface area contributed by atoms with E-state index in [2.05, 4.69) is 10.3 Å². The average Bonchev–Trinajstić information content (AvgIpc) is 3.00. The maximum absolute atomic E-state index is 12.3. The monoisotopic (exact) mass is 304 g/mol. The van der Waals surface area contributed by atoms with Gasteiger partial charge in [0.05, 0.1) is 11.1 Å². The summed E-state index contributed by atoms with van der Waals surface area (Å²) >= 11 is 1.64. The number of nitrogens with zero attached hydrogens (tertiary/aromatic N) is 1. The van der Waals surface area contributed by atoms with Gasteiger partial charge < -0.3 is 10.4 Å². The van der Waals surface area contributed by atoms with Crippen molar-refractivity contribution in [3.8, 4) is 0 Å². The van der Waals surface area contributed by atoms with Crippen LogP contribution in [0, 0.1) is 0 Å². The Hall–Kier alpha value is -1.33. The molecule has 0 radical (unpaired) electrons. The van der Waals surface area contributed by atoms with Crippen LogP contribution in [0.15, 0.2) is 35.3 Å². The molecule has 0 aromatic heterocycles. The summed E-state index contributed by atoms with van der Waals surface area (Å²) in [5.74, 6) is 0.737. The van der Waals surface area contributed by atoms with E-state index in [-0.39, 0.29) is 24.1 Å². The Balaban J connectivity index is 1.58. The highest BCUT2D eigenvalue weighted by molar-refractivity contribution is 8.14. The van der Waals surface area contributed by atoms with Crippen LogP contribution < -0.4 is 5.32 Å². The minimum Gasteiger partial charge on any atom is -0.393 e. The second-order valence-corrected chi connectivity index (χ2v) is 6.65. The third-order valence-corrected chi connectivity index (χ3v) is 5.11. The molecule has 0 saturated heterocycles. The van der Waals surface area contributed by atoms with Crippen molar-refractivity contribution < 1.29 is 9.90 Å². The van der Waals surface area contributed by atoms with Crippen LogP contribution in [0.2, 0.25) is 0 Å². The molecular weight excluding hydrogens is 284 g/mol. The fourth-order valence-corrected chi connectivity index (χ4v) is 3.81. The molecule has 1 atom stereocenters. The Labute approximate surface area is 129 Å². The van der Waals surface area contributed by atoms with Gasteiger partial charge in [-0.3, -0.25) is 9.79 Å². The Morgan fingerprint density at radius 1 is 1.19 bits per heavy atom. The SMILES string of the molecule is O=C(NC1CCC(O)CC1)C1CSC(c2ccccc2)=N1. The van der Waals surface area contributed by atoms with Gasteiger partial charge in [0, 0.05) is 17.4 Å². The largest absolute Gasteiger partial charge is 0.393 e. The van der Waals surface area contributed by atoms with E-state index in [0.29, 0.717) is 5.75 Å². The van der Waals surface area contributed by atoms with Crippen molar-refractivity contribution in [2.45, 2.75) is 43.9 Å². The van der Waals surface area contributed by atoms with Crippen LogP contribution in [0.25, 0.3) is 0 Å². The van der Waals surface area contributed by atoms with Crippen molar-refractivity contribution in [3.63, 3.8) is 0 Å². The van der Waals surface area contributed by atoms with Gasteiger partial charge in [0.1, 0.15) is 6.04 Å². The number of benzene rings is 1. The zero-order valence-corrected chi connectivity index (χ0v) is 12.7. The molecule has 1 unspecified atom stereocenters. The Morgan fingerprint density at radius 2 is 1.90 bits per heavy atom. The number of carbonyl (C=O) groups is 1. The molecule has 1 amide bonds. The number of hydrogen-bond donors (Lipinski definition) is 2. The zero-order chi connectivity index (χ0) is 14.7. The van der Waals surface area contributed by atoms with Crippen LogP contribution in [0.5, 0.6) is 0 Å². The topological polar surface area (TPSA) is 61.7 Å². The molecule has 1 heterocycles. The van der Waals surface area contributed by atoms with Crippen LogP contribution >= 0.6 is 11.8 Å². The van der Waals surface area contributed by atoms with E-state index in [0.717, 1.165) is 36.3 Å². The number of aliphatic hydroxyl groups is 1. The van der Waals surface area contributed by atoms with Crippen LogP contribution in [0.4, 0.5) is 0 Å². The van der Waals surface area contributed by atoms with E-state index in [1.165, 1.54) is 0 Å². The third kappa shape index (κ3) is 3.66. The van der Waals surface area contributed by atoms with Crippen molar-refractivity contribution in [1.29, 1.82) is 0 Å². The minimum atomic E-state index is -0.281. The molecule has 112 valence electrons. The fourth-order valence-electron chi connectivity index (χ4n) is 2.76. The van der Waals surface area contributed by atoms with Gasteiger partial charge in [-0.15, -0.1) is 11.8 Å². The number of aliphatic hydroxyl groups excluding tert-OH is 1. The lowest BCUT2D eigenvalue weighted by molar-refractivity contribution is -0.122. The quantitative estimate of drug-likeness (QED) is 0.897. The van der Waals surface area contributed by atoms with Gasteiger partial charge in [-0.2, -0.15) is 0 Å². The number of hydrogen-bond acceptors (Lipinski definition) is 4. The Kier molecular flexibility index (Phi) is 4.60.